The number of H-pyrrole nitrogens is 1. The van der Waals surface area contributed by atoms with E-state index in [1.807, 2.05) is 6.20 Å². The number of imidazole rings is 1. The van der Waals surface area contributed by atoms with Gasteiger partial charge < -0.3 is 9.55 Å². The van der Waals surface area contributed by atoms with Gasteiger partial charge in [-0.15, -0.1) is 0 Å². The first-order chi connectivity index (χ1) is 24.7. The molecule has 0 aliphatic rings. The summed E-state index contributed by atoms with van der Waals surface area (Å²) in [5.41, 5.74) is 13.4. The third-order valence-corrected chi connectivity index (χ3v) is 10.3. The third-order valence-electron chi connectivity index (χ3n) is 10.3. The topological polar surface area (TPSA) is 46.5 Å². The van der Waals surface area contributed by atoms with E-state index in [1.165, 1.54) is 32.7 Å². The summed E-state index contributed by atoms with van der Waals surface area (Å²) >= 11 is 0. The van der Waals surface area contributed by atoms with Crippen molar-refractivity contribution in [1.82, 2.24) is 19.5 Å². The maximum Gasteiger partial charge on any atom is 0.143 e. The highest BCUT2D eigenvalue weighted by molar-refractivity contribution is 6.13. The molecule has 0 fully saturated rings. The van der Waals surface area contributed by atoms with Gasteiger partial charge >= 0.3 is 0 Å². The highest BCUT2D eigenvalue weighted by Gasteiger charge is 2.25. The summed E-state index contributed by atoms with van der Waals surface area (Å²) in [5, 5.41) is 4.84. The molecule has 3 aromatic heterocycles. The second-order valence-corrected chi connectivity index (χ2v) is 15.0. The Hall–Kier alpha value is -6.00. The lowest BCUT2D eigenvalue weighted by molar-refractivity contribution is 0.591. The molecule has 0 aliphatic heterocycles. The van der Waals surface area contributed by atoms with Crippen molar-refractivity contribution in [2.45, 2.75) is 46.1 Å². The van der Waals surface area contributed by atoms with E-state index in [9.17, 15) is 0 Å². The summed E-state index contributed by atoms with van der Waals surface area (Å²) in [6, 6.07) is 48.2. The smallest absolute Gasteiger partial charge is 0.143 e. The molecule has 4 nitrogen and oxygen atoms in total. The lowest BCUT2D eigenvalue weighted by atomic mass is 9.85. The van der Waals surface area contributed by atoms with Crippen LogP contribution in [0.15, 0.2) is 140 Å². The Balaban J connectivity index is 1.31. The SMILES string of the molecule is CC(C)n1c(-c2cc(C(C)(C)C)cc3c2[nH]c2ccccc23)nc2c(-c3cc(-c4cc(-c5ccccc5)ccn4)cc4ccccc34)cccc21. The Morgan fingerprint density at radius 3 is 2.18 bits per heavy atom. The Bertz CT molecular complexity index is 2760. The second-order valence-electron chi connectivity index (χ2n) is 15.0. The molecule has 0 unspecified atom stereocenters. The molecular formula is C47H40N4. The van der Waals surface area contributed by atoms with Crippen LogP contribution in [0.25, 0.3) is 88.5 Å². The van der Waals surface area contributed by atoms with Crippen molar-refractivity contribution in [1.29, 1.82) is 0 Å². The Labute approximate surface area is 298 Å². The number of nitrogens with zero attached hydrogens (tertiary/aromatic N) is 3. The van der Waals surface area contributed by atoms with Gasteiger partial charge in [0.25, 0.3) is 0 Å². The van der Waals surface area contributed by atoms with E-state index in [0.29, 0.717) is 0 Å². The lowest BCUT2D eigenvalue weighted by Gasteiger charge is -2.21. The Morgan fingerprint density at radius 1 is 0.608 bits per heavy atom. The van der Waals surface area contributed by atoms with E-state index in [0.717, 1.165) is 61.4 Å². The maximum atomic E-state index is 5.61. The largest absolute Gasteiger partial charge is 0.354 e. The van der Waals surface area contributed by atoms with Crippen molar-refractivity contribution in [3.63, 3.8) is 0 Å². The van der Waals surface area contributed by atoms with Gasteiger partial charge in [-0.2, -0.15) is 0 Å². The summed E-state index contributed by atoms with van der Waals surface area (Å²) in [4.78, 5) is 14.3. The number of para-hydroxylation sites is 2. The molecule has 51 heavy (non-hydrogen) atoms. The standard InChI is InChI=1S/C47H40N4/c1-29(2)51-43-21-13-19-37(45(43)50-46(51)40-28-34(47(3,4)5)27-39-36-18-11-12-20-41(36)49-44(39)40)38-25-33(24-32-16-9-10-17-35(32)38)42-26-31(22-23-48-42)30-14-7-6-8-15-30/h6-29,49H,1-5H3. The summed E-state index contributed by atoms with van der Waals surface area (Å²) in [5.74, 6) is 0.979. The van der Waals surface area contributed by atoms with Crippen LogP contribution in [0.4, 0.5) is 0 Å². The molecule has 0 amide bonds. The van der Waals surface area contributed by atoms with Crippen LogP contribution in [0, 0.1) is 0 Å². The van der Waals surface area contributed by atoms with E-state index >= 15 is 0 Å². The molecule has 0 saturated heterocycles. The molecule has 248 valence electrons. The van der Waals surface area contributed by atoms with Crippen molar-refractivity contribution in [3.8, 4) is 44.9 Å². The van der Waals surface area contributed by atoms with Crippen LogP contribution in [0.1, 0.15) is 46.2 Å². The van der Waals surface area contributed by atoms with Crippen molar-refractivity contribution in [2.24, 2.45) is 0 Å². The van der Waals surface area contributed by atoms with Crippen LogP contribution < -0.4 is 0 Å². The maximum absolute atomic E-state index is 5.61. The van der Waals surface area contributed by atoms with Gasteiger partial charge in [-0.3, -0.25) is 4.98 Å². The Kier molecular flexibility index (Phi) is 7.18. The van der Waals surface area contributed by atoms with Gasteiger partial charge in [0, 0.05) is 45.2 Å². The highest BCUT2D eigenvalue weighted by Crippen LogP contribution is 2.42. The number of rotatable bonds is 5. The predicted molar refractivity (Wildman–Crippen MR) is 215 cm³/mol. The molecule has 0 spiro atoms. The average Bonchev–Trinajstić information content (AvgIpc) is 3.73. The van der Waals surface area contributed by atoms with Gasteiger partial charge in [0.05, 0.1) is 22.2 Å². The molecule has 9 aromatic rings. The van der Waals surface area contributed by atoms with Crippen LogP contribution in [-0.2, 0) is 5.41 Å². The number of pyridine rings is 1. The molecule has 3 heterocycles. The summed E-state index contributed by atoms with van der Waals surface area (Å²) in [6.07, 6.45) is 1.92. The van der Waals surface area contributed by atoms with Gasteiger partial charge in [0.1, 0.15) is 5.82 Å². The lowest BCUT2D eigenvalue weighted by Crippen LogP contribution is -2.11. The zero-order chi connectivity index (χ0) is 34.9. The summed E-state index contributed by atoms with van der Waals surface area (Å²) in [7, 11) is 0. The van der Waals surface area contributed by atoms with Crippen LogP contribution in [0.2, 0.25) is 0 Å². The van der Waals surface area contributed by atoms with Gasteiger partial charge in [0.15, 0.2) is 0 Å². The molecule has 0 atom stereocenters. The minimum atomic E-state index is -0.0354. The monoisotopic (exact) mass is 660 g/mol. The van der Waals surface area contributed by atoms with E-state index in [1.54, 1.807) is 0 Å². The molecule has 0 saturated carbocycles. The predicted octanol–water partition coefficient (Wildman–Crippen LogP) is 12.8. The normalized spacial score (nSPS) is 12.2. The quantitative estimate of drug-likeness (QED) is 0.200. The van der Waals surface area contributed by atoms with E-state index in [2.05, 4.69) is 178 Å². The number of benzene rings is 6. The van der Waals surface area contributed by atoms with Gasteiger partial charge in [0.2, 0.25) is 0 Å². The zero-order valence-electron chi connectivity index (χ0n) is 29.7. The average molecular weight is 661 g/mol. The van der Waals surface area contributed by atoms with Crippen molar-refractivity contribution in [3.05, 3.63) is 145 Å². The Morgan fingerprint density at radius 2 is 1.37 bits per heavy atom. The van der Waals surface area contributed by atoms with Gasteiger partial charge in [-0.1, -0.05) is 106 Å². The third kappa shape index (κ3) is 5.21. The number of hydrogen-bond donors (Lipinski definition) is 1. The van der Waals surface area contributed by atoms with E-state index < -0.39 is 0 Å². The summed E-state index contributed by atoms with van der Waals surface area (Å²) < 4.78 is 2.42. The van der Waals surface area contributed by atoms with Gasteiger partial charge in [-0.25, -0.2) is 4.98 Å². The molecule has 6 aromatic carbocycles. The van der Waals surface area contributed by atoms with E-state index in [-0.39, 0.29) is 11.5 Å². The number of aromatic nitrogens is 4. The van der Waals surface area contributed by atoms with Crippen LogP contribution in [0.5, 0.6) is 0 Å². The first-order valence-electron chi connectivity index (χ1n) is 17.9. The first-order valence-corrected chi connectivity index (χ1v) is 17.9. The highest BCUT2D eigenvalue weighted by atomic mass is 15.1. The molecule has 4 heteroatoms. The van der Waals surface area contributed by atoms with Crippen LogP contribution >= 0.6 is 0 Å². The fourth-order valence-corrected chi connectivity index (χ4v) is 7.69. The van der Waals surface area contributed by atoms with Gasteiger partial charge in [-0.05, 0) is 101 Å². The van der Waals surface area contributed by atoms with E-state index in [4.69, 9.17) is 9.97 Å². The van der Waals surface area contributed by atoms with Crippen molar-refractivity contribution in [2.75, 3.05) is 0 Å². The fraction of sp³-hybridized carbons (Fsp3) is 0.149. The number of nitrogens with one attached hydrogen (secondary N) is 1. The molecule has 0 radical (unpaired) electrons. The number of aromatic amines is 1. The van der Waals surface area contributed by atoms with Crippen molar-refractivity contribution < 1.29 is 0 Å². The molecule has 9 rings (SSSR count). The first kappa shape index (κ1) is 31.0. The molecular weight excluding hydrogens is 621 g/mol. The fourth-order valence-electron chi connectivity index (χ4n) is 7.69. The van der Waals surface area contributed by atoms with Crippen LogP contribution in [0.3, 0.4) is 0 Å². The minimum absolute atomic E-state index is 0.0354. The molecule has 0 aliphatic carbocycles. The summed E-state index contributed by atoms with van der Waals surface area (Å²) in [6.45, 7) is 11.4. The van der Waals surface area contributed by atoms with Crippen LogP contribution in [-0.4, -0.2) is 19.5 Å². The molecule has 0 bridgehead atoms. The second kappa shape index (κ2) is 11.8. The number of hydrogen-bond acceptors (Lipinski definition) is 2. The molecule has 1 N–H and O–H groups in total. The number of fused-ring (bicyclic) bond motifs is 5. The zero-order valence-corrected chi connectivity index (χ0v) is 29.7. The minimum Gasteiger partial charge on any atom is -0.354 e. The van der Waals surface area contributed by atoms with Crippen molar-refractivity contribution >= 4 is 43.6 Å².